The minimum absolute atomic E-state index is 0.0225. The molecule has 0 aliphatic carbocycles. The highest BCUT2D eigenvalue weighted by Crippen LogP contribution is 2.12. The maximum absolute atomic E-state index is 11.8. The summed E-state index contributed by atoms with van der Waals surface area (Å²) in [7, 11) is 0. The molecule has 0 atom stereocenters. The lowest BCUT2D eigenvalue weighted by atomic mass is 10.1. The van der Waals surface area contributed by atoms with E-state index < -0.39 is 4.92 Å². The Kier molecular flexibility index (Phi) is 4.98. The van der Waals surface area contributed by atoms with Crippen molar-refractivity contribution in [3.05, 3.63) is 70.0 Å². The number of nitro benzene ring substituents is 1. The first kappa shape index (κ1) is 14.6. The van der Waals surface area contributed by atoms with Gasteiger partial charge in [0.15, 0.2) is 0 Å². The highest BCUT2D eigenvalue weighted by Gasteiger charge is 2.07. The van der Waals surface area contributed by atoms with Crippen LogP contribution in [0.15, 0.2) is 48.7 Å². The van der Waals surface area contributed by atoms with E-state index in [-0.39, 0.29) is 18.0 Å². The Morgan fingerprint density at radius 2 is 1.95 bits per heavy atom. The SMILES string of the molecule is O=C(Cc1ccc([N+](=O)[O-])cc1)NCCc1ccccn1. The van der Waals surface area contributed by atoms with Crippen LogP contribution in [0.25, 0.3) is 0 Å². The van der Waals surface area contributed by atoms with Crippen molar-refractivity contribution in [2.45, 2.75) is 12.8 Å². The molecule has 0 saturated carbocycles. The average Bonchev–Trinajstić information content (AvgIpc) is 2.49. The van der Waals surface area contributed by atoms with Crippen LogP contribution in [0.1, 0.15) is 11.3 Å². The van der Waals surface area contributed by atoms with E-state index in [1.807, 2.05) is 18.2 Å². The zero-order chi connectivity index (χ0) is 15.1. The molecule has 0 radical (unpaired) electrons. The molecule has 2 rings (SSSR count). The number of non-ortho nitro benzene ring substituents is 1. The van der Waals surface area contributed by atoms with E-state index in [4.69, 9.17) is 0 Å². The summed E-state index contributed by atoms with van der Waals surface area (Å²) in [6.45, 7) is 0.517. The van der Waals surface area contributed by atoms with Gasteiger partial charge in [0, 0.05) is 37.0 Å². The zero-order valence-corrected chi connectivity index (χ0v) is 11.4. The fourth-order valence-corrected chi connectivity index (χ4v) is 1.86. The number of aromatic nitrogens is 1. The third-order valence-electron chi connectivity index (χ3n) is 2.94. The lowest BCUT2D eigenvalue weighted by Crippen LogP contribution is -2.27. The number of carbonyl (C=O) groups is 1. The summed E-state index contributed by atoms with van der Waals surface area (Å²) in [4.78, 5) is 26.0. The van der Waals surface area contributed by atoms with E-state index in [1.165, 1.54) is 12.1 Å². The predicted octanol–water partition coefficient (Wildman–Crippen LogP) is 1.89. The standard InChI is InChI=1S/C15H15N3O3/c19-15(17-10-8-13-3-1-2-9-16-13)11-12-4-6-14(7-5-12)18(20)21/h1-7,9H,8,10-11H2,(H,17,19). The summed E-state index contributed by atoms with van der Waals surface area (Å²) < 4.78 is 0. The summed E-state index contributed by atoms with van der Waals surface area (Å²) >= 11 is 0. The normalized spacial score (nSPS) is 10.1. The highest BCUT2D eigenvalue weighted by molar-refractivity contribution is 5.78. The van der Waals surface area contributed by atoms with Crippen molar-refractivity contribution in [2.75, 3.05) is 6.54 Å². The third kappa shape index (κ3) is 4.68. The van der Waals surface area contributed by atoms with E-state index in [1.54, 1.807) is 18.3 Å². The van der Waals surface area contributed by atoms with Gasteiger partial charge in [0.1, 0.15) is 0 Å². The van der Waals surface area contributed by atoms with Gasteiger partial charge in [0.25, 0.3) is 5.69 Å². The first-order valence-electron chi connectivity index (χ1n) is 6.55. The van der Waals surface area contributed by atoms with Crippen molar-refractivity contribution < 1.29 is 9.72 Å². The van der Waals surface area contributed by atoms with Gasteiger partial charge in [0.05, 0.1) is 11.3 Å². The smallest absolute Gasteiger partial charge is 0.269 e. The number of nitrogens with one attached hydrogen (secondary N) is 1. The molecule has 0 aliphatic heterocycles. The average molecular weight is 285 g/mol. The molecule has 6 nitrogen and oxygen atoms in total. The molecule has 0 spiro atoms. The maximum Gasteiger partial charge on any atom is 0.269 e. The summed E-state index contributed by atoms with van der Waals surface area (Å²) in [5.74, 6) is -0.111. The van der Waals surface area contributed by atoms with Gasteiger partial charge in [-0.2, -0.15) is 0 Å². The molecule has 1 heterocycles. The summed E-state index contributed by atoms with van der Waals surface area (Å²) in [5, 5.41) is 13.3. The van der Waals surface area contributed by atoms with E-state index in [9.17, 15) is 14.9 Å². The molecule has 0 unspecified atom stereocenters. The zero-order valence-electron chi connectivity index (χ0n) is 11.4. The molecule has 1 amide bonds. The van der Waals surface area contributed by atoms with Gasteiger partial charge in [-0.05, 0) is 17.7 Å². The first-order chi connectivity index (χ1) is 10.1. The van der Waals surface area contributed by atoms with Crippen LogP contribution >= 0.6 is 0 Å². The predicted molar refractivity (Wildman–Crippen MR) is 77.8 cm³/mol. The Labute approximate surface area is 122 Å². The van der Waals surface area contributed by atoms with E-state index in [2.05, 4.69) is 10.3 Å². The van der Waals surface area contributed by atoms with Gasteiger partial charge in [-0.3, -0.25) is 19.9 Å². The number of carbonyl (C=O) groups excluding carboxylic acids is 1. The topological polar surface area (TPSA) is 85.1 Å². The minimum Gasteiger partial charge on any atom is -0.355 e. The molecule has 108 valence electrons. The monoisotopic (exact) mass is 285 g/mol. The van der Waals surface area contributed by atoms with Crippen LogP contribution in [0.3, 0.4) is 0 Å². The van der Waals surface area contributed by atoms with Crippen molar-refractivity contribution in [1.29, 1.82) is 0 Å². The van der Waals surface area contributed by atoms with Crippen LogP contribution in [0.2, 0.25) is 0 Å². The van der Waals surface area contributed by atoms with Crippen molar-refractivity contribution in [1.82, 2.24) is 10.3 Å². The van der Waals surface area contributed by atoms with Crippen LogP contribution in [0.5, 0.6) is 0 Å². The lowest BCUT2D eigenvalue weighted by Gasteiger charge is -2.05. The third-order valence-corrected chi connectivity index (χ3v) is 2.94. The number of hydrogen-bond donors (Lipinski definition) is 1. The quantitative estimate of drug-likeness (QED) is 0.648. The molecule has 1 N–H and O–H groups in total. The second-order valence-electron chi connectivity index (χ2n) is 4.52. The van der Waals surface area contributed by atoms with Crippen molar-refractivity contribution in [2.24, 2.45) is 0 Å². The molecule has 0 bridgehead atoms. The Bertz CT molecular complexity index is 612. The maximum atomic E-state index is 11.8. The fraction of sp³-hybridized carbons (Fsp3) is 0.200. The molecule has 0 saturated heterocycles. The second-order valence-corrected chi connectivity index (χ2v) is 4.52. The molecule has 1 aromatic carbocycles. The molecule has 0 aliphatic rings. The lowest BCUT2D eigenvalue weighted by molar-refractivity contribution is -0.384. The van der Waals surface area contributed by atoms with Crippen LogP contribution < -0.4 is 5.32 Å². The summed E-state index contributed by atoms with van der Waals surface area (Å²) in [5.41, 5.74) is 1.69. The molecule has 6 heteroatoms. The highest BCUT2D eigenvalue weighted by atomic mass is 16.6. The van der Waals surface area contributed by atoms with E-state index in [0.29, 0.717) is 13.0 Å². The van der Waals surface area contributed by atoms with Gasteiger partial charge in [0.2, 0.25) is 5.91 Å². The molecular formula is C15H15N3O3. The number of benzene rings is 1. The van der Waals surface area contributed by atoms with Crippen molar-refractivity contribution >= 4 is 11.6 Å². The van der Waals surface area contributed by atoms with E-state index in [0.717, 1.165) is 11.3 Å². The van der Waals surface area contributed by atoms with Gasteiger partial charge in [-0.15, -0.1) is 0 Å². The second kappa shape index (κ2) is 7.14. The molecule has 1 aromatic heterocycles. The summed E-state index contributed by atoms with van der Waals surface area (Å²) in [6.07, 6.45) is 2.60. The minimum atomic E-state index is -0.462. The van der Waals surface area contributed by atoms with Gasteiger partial charge < -0.3 is 5.32 Å². The molecule has 21 heavy (non-hydrogen) atoms. The Morgan fingerprint density at radius 1 is 1.19 bits per heavy atom. The van der Waals surface area contributed by atoms with Gasteiger partial charge >= 0.3 is 0 Å². The Balaban J connectivity index is 1.78. The molecule has 0 fully saturated rings. The van der Waals surface area contributed by atoms with E-state index >= 15 is 0 Å². The van der Waals surface area contributed by atoms with Crippen LogP contribution in [0.4, 0.5) is 5.69 Å². The number of nitrogens with zero attached hydrogens (tertiary/aromatic N) is 2. The largest absolute Gasteiger partial charge is 0.355 e. The number of nitro groups is 1. The first-order valence-corrected chi connectivity index (χ1v) is 6.55. The van der Waals surface area contributed by atoms with Crippen LogP contribution in [-0.4, -0.2) is 22.4 Å². The van der Waals surface area contributed by atoms with Crippen LogP contribution in [-0.2, 0) is 17.6 Å². The van der Waals surface area contributed by atoms with Crippen molar-refractivity contribution in [3.63, 3.8) is 0 Å². The van der Waals surface area contributed by atoms with Crippen LogP contribution in [0, 0.1) is 10.1 Å². The Hall–Kier alpha value is -2.76. The number of amides is 1. The fourth-order valence-electron chi connectivity index (χ4n) is 1.86. The number of rotatable bonds is 6. The number of pyridine rings is 1. The Morgan fingerprint density at radius 3 is 2.57 bits per heavy atom. The van der Waals surface area contributed by atoms with Gasteiger partial charge in [-0.1, -0.05) is 18.2 Å². The number of hydrogen-bond acceptors (Lipinski definition) is 4. The summed E-state index contributed by atoms with van der Waals surface area (Å²) in [6, 6.07) is 11.6. The van der Waals surface area contributed by atoms with Gasteiger partial charge in [-0.25, -0.2) is 0 Å². The molecule has 2 aromatic rings. The molecular weight excluding hydrogens is 270 g/mol. The van der Waals surface area contributed by atoms with Crippen molar-refractivity contribution in [3.8, 4) is 0 Å².